The van der Waals surface area contributed by atoms with Crippen molar-refractivity contribution in [2.45, 2.75) is 77.4 Å². The molecule has 4 heteroatoms. The third-order valence-corrected chi connectivity index (χ3v) is 14.1. The van der Waals surface area contributed by atoms with Gasteiger partial charge in [-0.05, 0) is 80.1 Å². The summed E-state index contributed by atoms with van der Waals surface area (Å²) in [5.74, 6) is -0.373. The Bertz CT molecular complexity index is 2340. The zero-order valence-electron chi connectivity index (χ0n) is 29.3. The van der Waals surface area contributed by atoms with Crippen LogP contribution in [0, 0.1) is 0 Å². The maximum atomic E-state index is 13.9. The van der Waals surface area contributed by atoms with Crippen LogP contribution in [0.4, 0.5) is 17.1 Å². The zero-order valence-corrected chi connectivity index (χ0v) is 30.3. The van der Waals surface area contributed by atoms with E-state index in [-0.39, 0.29) is 33.4 Å². The van der Waals surface area contributed by atoms with Crippen molar-refractivity contribution in [3.63, 3.8) is 0 Å². The number of anilines is 3. The predicted molar refractivity (Wildman–Crippen MR) is 201 cm³/mol. The lowest BCUT2D eigenvalue weighted by Gasteiger charge is -2.55. The van der Waals surface area contributed by atoms with Gasteiger partial charge in [0.05, 0.1) is 30.7 Å². The van der Waals surface area contributed by atoms with Crippen molar-refractivity contribution in [2.75, 3.05) is 4.90 Å². The van der Waals surface area contributed by atoms with E-state index in [0.29, 0.717) is 11.1 Å². The van der Waals surface area contributed by atoms with E-state index in [1.165, 1.54) is 55.6 Å². The molecule has 5 aromatic rings. The summed E-state index contributed by atoms with van der Waals surface area (Å²) >= 11 is 0. The molecule has 0 N–H and O–H groups in total. The SMILES string of the molecule is CC1(C)c2cccc3c2N2c4c1cc(C=C1C(=O)c5cc6ccccc6cc5C1=O)cc4C(C)(C)c1cc([Si](C)(C)C)cc(c12)C3(C)C. The number of ketones is 2. The molecule has 4 aliphatic rings. The Kier molecular flexibility index (Phi) is 5.50. The van der Waals surface area contributed by atoms with Crippen LogP contribution >= 0.6 is 0 Å². The van der Waals surface area contributed by atoms with E-state index in [2.05, 4.69) is 109 Å². The maximum absolute atomic E-state index is 13.9. The Morgan fingerprint density at radius 3 is 1.42 bits per heavy atom. The highest BCUT2D eigenvalue weighted by atomic mass is 28.3. The summed E-state index contributed by atoms with van der Waals surface area (Å²) in [6, 6.07) is 28.1. The molecule has 0 amide bonds. The second-order valence-corrected chi connectivity index (χ2v) is 22.1. The molecule has 3 aliphatic heterocycles. The van der Waals surface area contributed by atoms with E-state index in [1.807, 2.05) is 42.5 Å². The highest BCUT2D eigenvalue weighted by Crippen LogP contribution is 2.66. The topological polar surface area (TPSA) is 37.4 Å². The Morgan fingerprint density at radius 1 is 0.542 bits per heavy atom. The van der Waals surface area contributed by atoms with Gasteiger partial charge in [-0.3, -0.25) is 9.59 Å². The summed E-state index contributed by atoms with van der Waals surface area (Å²) in [4.78, 5) is 30.4. The van der Waals surface area contributed by atoms with Gasteiger partial charge in [0, 0.05) is 27.4 Å². The van der Waals surface area contributed by atoms with Crippen molar-refractivity contribution >= 4 is 58.7 Å². The fourth-order valence-electron chi connectivity index (χ4n) is 9.07. The standard InChI is InChI=1S/C44H41NO2Si/c1-42(2)31-15-12-16-32-37(31)45-38-33(42)18-24(17-30-40(46)28-20-25-13-10-11-14-26(25)21-29(28)41(30)47)19-34(38)44(5,6)36-23-27(48(7,8)9)22-35(39(36)45)43(32,3)4/h10-23H,1-9H3. The summed E-state index contributed by atoms with van der Waals surface area (Å²) in [6.07, 6.45) is 1.86. The number of hydrogen-bond donors (Lipinski definition) is 0. The van der Waals surface area contributed by atoms with Crippen LogP contribution < -0.4 is 10.1 Å². The zero-order chi connectivity index (χ0) is 33.9. The van der Waals surface area contributed by atoms with Crippen molar-refractivity contribution in [2.24, 2.45) is 0 Å². The molecule has 0 spiro atoms. The van der Waals surface area contributed by atoms with Crippen LogP contribution in [-0.2, 0) is 16.2 Å². The van der Waals surface area contributed by atoms with Crippen molar-refractivity contribution < 1.29 is 9.59 Å². The van der Waals surface area contributed by atoms with Gasteiger partial charge in [-0.25, -0.2) is 0 Å². The number of benzene rings is 5. The number of hydrogen-bond acceptors (Lipinski definition) is 3. The number of para-hydroxylation sites is 1. The van der Waals surface area contributed by atoms with Crippen molar-refractivity contribution in [3.05, 3.63) is 135 Å². The Labute approximate surface area is 284 Å². The highest BCUT2D eigenvalue weighted by molar-refractivity contribution is 6.88. The molecule has 48 heavy (non-hydrogen) atoms. The first-order valence-electron chi connectivity index (χ1n) is 17.2. The molecule has 1 aliphatic carbocycles. The van der Waals surface area contributed by atoms with Crippen molar-refractivity contribution in [3.8, 4) is 0 Å². The number of carbonyl (C=O) groups is 2. The second kappa shape index (κ2) is 8.92. The molecule has 0 fully saturated rings. The van der Waals surface area contributed by atoms with Gasteiger partial charge in [0.2, 0.25) is 0 Å². The van der Waals surface area contributed by atoms with Gasteiger partial charge in [0.15, 0.2) is 11.6 Å². The molecule has 0 radical (unpaired) electrons. The third-order valence-electron chi connectivity index (χ3n) is 12.0. The lowest BCUT2D eigenvalue weighted by Crippen LogP contribution is -2.46. The monoisotopic (exact) mass is 643 g/mol. The maximum Gasteiger partial charge on any atom is 0.197 e. The molecule has 0 atom stereocenters. The quantitative estimate of drug-likeness (QED) is 0.109. The smallest absolute Gasteiger partial charge is 0.197 e. The lowest BCUT2D eigenvalue weighted by atomic mass is 9.60. The molecule has 0 aromatic heterocycles. The minimum absolute atomic E-state index is 0.157. The first-order valence-corrected chi connectivity index (χ1v) is 20.7. The molecular formula is C44H41NO2Si. The Hall–Kier alpha value is -4.54. The molecular weight excluding hydrogens is 603 g/mol. The van der Waals surface area contributed by atoms with Crippen LogP contribution in [0.15, 0.2) is 84.4 Å². The Balaban J connectivity index is 1.33. The molecule has 0 saturated heterocycles. The number of allylic oxidation sites excluding steroid dienone is 1. The predicted octanol–water partition coefficient (Wildman–Crippen LogP) is 10.2. The summed E-state index contributed by atoms with van der Waals surface area (Å²) in [7, 11) is -1.67. The van der Waals surface area contributed by atoms with Crippen LogP contribution in [0.1, 0.15) is 101 Å². The molecule has 0 saturated carbocycles. The second-order valence-electron chi connectivity index (χ2n) is 17.0. The van der Waals surface area contributed by atoms with Crippen LogP contribution in [0.3, 0.4) is 0 Å². The summed E-state index contributed by atoms with van der Waals surface area (Å²) in [6.45, 7) is 21.5. The number of Topliss-reactive ketones (excluding diaryl/α,β-unsaturated/α-hetero) is 2. The van der Waals surface area contributed by atoms with Gasteiger partial charge >= 0.3 is 0 Å². The third kappa shape index (κ3) is 3.54. The van der Waals surface area contributed by atoms with Crippen LogP contribution in [0.2, 0.25) is 19.6 Å². The van der Waals surface area contributed by atoms with Crippen LogP contribution in [-0.4, -0.2) is 19.6 Å². The van der Waals surface area contributed by atoms with Gasteiger partial charge in [-0.1, -0.05) is 121 Å². The van der Waals surface area contributed by atoms with Crippen molar-refractivity contribution in [1.29, 1.82) is 0 Å². The molecule has 9 rings (SSSR count). The molecule has 0 unspecified atom stereocenters. The van der Waals surface area contributed by atoms with Gasteiger partial charge < -0.3 is 4.90 Å². The number of nitrogens with zero attached hydrogens (tertiary/aromatic N) is 1. The van der Waals surface area contributed by atoms with E-state index in [4.69, 9.17) is 0 Å². The molecule has 0 bridgehead atoms. The first kappa shape index (κ1) is 29.6. The van der Waals surface area contributed by atoms with E-state index >= 15 is 0 Å². The summed E-state index contributed by atoms with van der Waals surface area (Å²) in [5.41, 5.74) is 13.2. The van der Waals surface area contributed by atoms with Crippen LogP contribution in [0.5, 0.6) is 0 Å². The van der Waals surface area contributed by atoms with Gasteiger partial charge in [0.1, 0.15) is 0 Å². The van der Waals surface area contributed by atoms with Crippen molar-refractivity contribution in [1.82, 2.24) is 0 Å². The average molecular weight is 644 g/mol. The lowest BCUT2D eigenvalue weighted by molar-refractivity contribution is 0.0990. The van der Waals surface area contributed by atoms with Crippen LogP contribution in [0.25, 0.3) is 16.8 Å². The molecule has 3 heterocycles. The summed E-state index contributed by atoms with van der Waals surface area (Å²) in [5, 5.41) is 3.42. The summed E-state index contributed by atoms with van der Waals surface area (Å²) < 4.78 is 0. The minimum Gasteiger partial charge on any atom is -0.309 e. The first-order chi connectivity index (χ1) is 22.5. The largest absolute Gasteiger partial charge is 0.309 e. The van der Waals surface area contributed by atoms with Gasteiger partial charge in [-0.15, -0.1) is 0 Å². The minimum atomic E-state index is -1.67. The molecule has 5 aromatic carbocycles. The average Bonchev–Trinajstić information content (AvgIpc) is 3.25. The van der Waals surface area contributed by atoms with Gasteiger partial charge in [0.25, 0.3) is 0 Å². The van der Waals surface area contributed by atoms with E-state index in [1.54, 1.807) is 0 Å². The molecule has 238 valence electrons. The highest BCUT2D eigenvalue weighted by Gasteiger charge is 2.52. The number of fused-ring (bicyclic) bond motifs is 2. The molecule has 3 nitrogen and oxygen atoms in total. The van der Waals surface area contributed by atoms with E-state index in [9.17, 15) is 9.59 Å². The normalized spacial score (nSPS) is 18.6. The Morgan fingerprint density at radius 2 is 0.958 bits per heavy atom. The number of rotatable bonds is 2. The van der Waals surface area contributed by atoms with Gasteiger partial charge in [-0.2, -0.15) is 0 Å². The fourth-order valence-corrected chi connectivity index (χ4v) is 10.2. The fraction of sp³-hybridized carbons (Fsp3) is 0.273. The van der Waals surface area contributed by atoms with E-state index in [0.717, 1.165) is 16.3 Å². The number of carbonyl (C=O) groups excluding carboxylic acids is 2. The van der Waals surface area contributed by atoms with E-state index < -0.39 is 8.07 Å².